The summed E-state index contributed by atoms with van der Waals surface area (Å²) in [4.78, 5) is 2.47. The van der Waals surface area contributed by atoms with Crippen LogP contribution in [0.1, 0.15) is 34.1 Å². The van der Waals surface area contributed by atoms with E-state index in [0.29, 0.717) is 0 Å². The molecule has 0 aliphatic carbocycles. The van der Waals surface area contributed by atoms with Gasteiger partial charge in [0.1, 0.15) is 0 Å². The molecule has 0 spiro atoms. The first-order valence-corrected chi connectivity index (χ1v) is 5.61. The molecule has 1 saturated heterocycles. The number of hydrogen-bond acceptors (Lipinski definition) is 2. The Balaban J connectivity index is 0.000000671. The average Bonchev–Trinajstić information content (AvgIpc) is 2.01. The van der Waals surface area contributed by atoms with Crippen molar-refractivity contribution in [1.29, 1.82) is 0 Å². The van der Waals surface area contributed by atoms with Gasteiger partial charge in [0, 0.05) is 19.1 Å². The van der Waals surface area contributed by atoms with Gasteiger partial charge in [-0.3, -0.25) is 0 Å². The quantitative estimate of drug-likeness (QED) is 0.722. The Labute approximate surface area is 83.7 Å². The first-order chi connectivity index (χ1) is 6.20. The summed E-state index contributed by atoms with van der Waals surface area (Å²) in [5, 5.41) is 3.29. The maximum Gasteiger partial charge on any atom is 0.0342 e. The zero-order valence-corrected chi connectivity index (χ0v) is 9.93. The van der Waals surface area contributed by atoms with Crippen LogP contribution in [0.2, 0.25) is 0 Å². The van der Waals surface area contributed by atoms with E-state index >= 15 is 0 Å². The molecule has 1 rings (SSSR count). The molecule has 2 nitrogen and oxygen atoms in total. The molecule has 80 valence electrons. The molecule has 1 fully saturated rings. The monoisotopic (exact) mass is 186 g/mol. The molecule has 0 aromatic rings. The van der Waals surface area contributed by atoms with Crippen molar-refractivity contribution < 1.29 is 0 Å². The second kappa shape index (κ2) is 7.34. The standard InChI is InChI=1S/C9H20N2.C2H6/c1-8(2)4-5-11(3)9-6-10-7-9;1-2/h8-10H,4-7H2,1-3H3;1-2H3. The number of nitrogens with one attached hydrogen (secondary N) is 1. The van der Waals surface area contributed by atoms with Crippen LogP contribution >= 0.6 is 0 Å². The number of likely N-dealkylation sites (N-methyl/N-ethyl adjacent to an activating group) is 1. The Morgan fingerprint density at radius 1 is 1.31 bits per heavy atom. The van der Waals surface area contributed by atoms with Gasteiger partial charge in [0.25, 0.3) is 0 Å². The zero-order chi connectivity index (χ0) is 10.3. The molecule has 0 radical (unpaired) electrons. The second-order valence-electron chi connectivity index (χ2n) is 3.98. The van der Waals surface area contributed by atoms with Crippen molar-refractivity contribution in [2.75, 3.05) is 26.7 Å². The van der Waals surface area contributed by atoms with E-state index in [0.717, 1.165) is 12.0 Å². The highest BCUT2D eigenvalue weighted by molar-refractivity contribution is 4.82. The lowest BCUT2D eigenvalue weighted by atomic mass is 10.1. The van der Waals surface area contributed by atoms with E-state index < -0.39 is 0 Å². The number of nitrogens with zero attached hydrogens (tertiary/aromatic N) is 1. The summed E-state index contributed by atoms with van der Waals surface area (Å²) in [5.41, 5.74) is 0. The van der Waals surface area contributed by atoms with Crippen LogP contribution < -0.4 is 5.32 Å². The SMILES string of the molecule is CC.CC(C)CCN(C)C1CNC1. The van der Waals surface area contributed by atoms with E-state index in [4.69, 9.17) is 0 Å². The van der Waals surface area contributed by atoms with Crippen LogP contribution in [0.15, 0.2) is 0 Å². The van der Waals surface area contributed by atoms with E-state index in [-0.39, 0.29) is 0 Å². The molecule has 0 amide bonds. The van der Waals surface area contributed by atoms with Gasteiger partial charge in [-0.05, 0) is 25.9 Å². The van der Waals surface area contributed by atoms with Crippen molar-refractivity contribution in [2.45, 2.75) is 40.2 Å². The highest BCUT2D eigenvalue weighted by atomic mass is 15.2. The zero-order valence-electron chi connectivity index (χ0n) is 9.93. The predicted molar refractivity (Wildman–Crippen MR) is 60.1 cm³/mol. The van der Waals surface area contributed by atoms with Gasteiger partial charge in [-0.25, -0.2) is 0 Å². The minimum atomic E-state index is 0.814. The van der Waals surface area contributed by atoms with Gasteiger partial charge in [-0.15, -0.1) is 0 Å². The largest absolute Gasteiger partial charge is 0.314 e. The summed E-state index contributed by atoms with van der Waals surface area (Å²) in [6, 6.07) is 0.814. The van der Waals surface area contributed by atoms with Gasteiger partial charge in [-0.1, -0.05) is 27.7 Å². The van der Waals surface area contributed by atoms with Gasteiger partial charge in [0.15, 0.2) is 0 Å². The fourth-order valence-corrected chi connectivity index (χ4v) is 1.23. The van der Waals surface area contributed by atoms with Crippen molar-refractivity contribution in [3.63, 3.8) is 0 Å². The molecule has 2 heteroatoms. The summed E-state index contributed by atoms with van der Waals surface area (Å²) in [6.07, 6.45) is 1.33. The average molecular weight is 186 g/mol. The van der Waals surface area contributed by atoms with Crippen LogP contribution in [0, 0.1) is 5.92 Å². The molecule has 13 heavy (non-hydrogen) atoms. The maximum absolute atomic E-state index is 3.29. The Morgan fingerprint density at radius 2 is 1.85 bits per heavy atom. The molecule has 1 N–H and O–H groups in total. The van der Waals surface area contributed by atoms with Crippen LogP contribution in [0.5, 0.6) is 0 Å². The molecule has 0 saturated carbocycles. The van der Waals surface area contributed by atoms with Crippen molar-refractivity contribution in [1.82, 2.24) is 10.2 Å². The Morgan fingerprint density at radius 3 is 2.15 bits per heavy atom. The van der Waals surface area contributed by atoms with E-state index in [1.165, 1.54) is 26.1 Å². The molecule has 1 aliphatic heterocycles. The van der Waals surface area contributed by atoms with Gasteiger partial charge in [-0.2, -0.15) is 0 Å². The molecular weight excluding hydrogens is 160 g/mol. The number of rotatable bonds is 4. The molecule has 0 atom stereocenters. The highest BCUT2D eigenvalue weighted by Gasteiger charge is 2.20. The fraction of sp³-hybridized carbons (Fsp3) is 1.00. The molecule has 1 aliphatic rings. The molecule has 0 bridgehead atoms. The van der Waals surface area contributed by atoms with Crippen LogP contribution in [0.4, 0.5) is 0 Å². The van der Waals surface area contributed by atoms with Crippen LogP contribution in [0.3, 0.4) is 0 Å². The lowest BCUT2D eigenvalue weighted by Gasteiger charge is -2.35. The molecule has 1 heterocycles. The van der Waals surface area contributed by atoms with Crippen molar-refractivity contribution in [3.8, 4) is 0 Å². The third-order valence-corrected chi connectivity index (χ3v) is 2.44. The van der Waals surface area contributed by atoms with Crippen molar-refractivity contribution in [2.24, 2.45) is 5.92 Å². The van der Waals surface area contributed by atoms with Gasteiger partial charge in [0.2, 0.25) is 0 Å². The van der Waals surface area contributed by atoms with Gasteiger partial charge >= 0.3 is 0 Å². The first-order valence-electron chi connectivity index (χ1n) is 5.61. The van der Waals surface area contributed by atoms with E-state index in [1.54, 1.807) is 0 Å². The Hall–Kier alpha value is -0.0800. The minimum absolute atomic E-state index is 0.814. The van der Waals surface area contributed by atoms with E-state index in [9.17, 15) is 0 Å². The lowest BCUT2D eigenvalue weighted by Crippen LogP contribution is -2.56. The molecular formula is C11H26N2. The van der Waals surface area contributed by atoms with Crippen molar-refractivity contribution >= 4 is 0 Å². The van der Waals surface area contributed by atoms with Gasteiger partial charge < -0.3 is 10.2 Å². The summed E-state index contributed by atoms with van der Waals surface area (Å²) >= 11 is 0. The Bertz CT molecular complexity index is 109. The molecule has 0 unspecified atom stereocenters. The van der Waals surface area contributed by atoms with Crippen molar-refractivity contribution in [3.05, 3.63) is 0 Å². The topological polar surface area (TPSA) is 15.3 Å². The fourth-order valence-electron chi connectivity index (χ4n) is 1.23. The normalized spacial score (nSPS) is 16.8. The first kappa shape index (κ1) is 12.9. The smallest absolute Gasteiger partial charge is 0.0342 e. The summed E-state index contributed by atoms with van der Waals surface area (Å²) in [7, 11) is 2.23. The second-order valence-corrected chi connectivity index (χ2v) is 3.98. The lowest BCUT2D eigenvalue weighted by molar-refractivity contribution is 0.172. The molecule has 0 aromatic heterocycles. The third-order valence-electron chi connectivity index (χ3n) is 2.44. The van der Waals surface area contributed by atoms with E-state index in [1.807, 2.05) is 13.8 Å². The molecule has 0 aromatic carbocycles. The van der Waals surface area contributed by atoms with Crippen LogP contribution in [-0.4, -0.2) is 37.6 Å². The summed E-state index contributed by atoms with van der Waals surface area (Å²) < 4.78 is 0. The summed E-state index contributed by atoms with van der Waals surface area (Å²) in [6.45, 7) is 12.2. The predicted octanol–water partition coefficient (Wildman–Crippen LogP) is 1.96. The maximum atomic E-state index is 3.29. The number of hydrogen-bond donors (Lipinski definition) is 1. The summed E-state index contributed by atoms with van der Waals surface area (Å²) in [5.74, 6) is 0.838. The van der Waals surface area contributed by atoms with Crippen LogP contribution in [0.25, 0.3) is 0 Å². The van der Waals surface area contributed by atoms with Gasteiger partial charge in [0.05, 0.1) is 0 Å². The van der Waals surface area contributed by atoms with E-state index in [2.05, 4.69) is 31.1 Å². The third kappa shape index (κ3) is 5.27. The Kier molecular flexibility index (Phi) is 7.29. The highest BCUT2D eigenvalue weighted by Crippen LogP contribution is 2.06. The van der Waals surface area contributed by atoms with Crippen LogP contribution in [-0.2, 0) is 0 Å². The minimum Gasteiger partial charge on any atom is -0.314 e.